The Morgan fingerprint density at radius 1 is 0.979 bits per heavy atom. The van der Waals surface area contributed by atoms with Gasteiger partial charge in [-0.15, -0.1) is 0 Å². The van der Waals surface area contributed by atoms with Crippen LogP contribution in [0.15, 0.2) is 83.3 Å². The second-order valence-electron chi connectivity index (χ2n) is 13.2. The maximum atomic E-state index is 13.9. The number of amides is 3. The number of rotatable bonds is 13. The van der Waals surface area contributed by atoms with Gasteiger partial charge in [0.25, 0.3) is 11.8 Å². The number of halogens is 1. The zero-order valence-electron chi connectivity index (χ0n) is 27.3. The van der Waals surface area contributed by atoms with Crippen molar-refractivity contribution in [2.75, 3.05) is 13.7 Å². The minimum absolute atomic E-state index is 0.0678. The molecule has 10 nitrogen and oxygen atoms in total. The maximum Gasteiger partial charge on any atom is 0.407 e. The lowest BCUT2D eigenvalue weighted by Crippen LogP contribution is -2.57. The molecule has 47 heavy (non-hydrogen) atoms. The summed E-state index contributed by atoms with van der Waals surface area (Å²) in [5, 5.41) is 30.1. The van der Waals surface area contributed by atoms with Crippen LogP contribution in [0.5, 0.6) is 0 Å². The molecule has 4 rings (SSSR count). The minimum Gasteiger partial charge on any atom is -0.453 e. The molecule has 0 bridgehead atoms. The van der Waals surface area contributed by atoms with Gasteiger partial charge in [-0.3, -0.25) is 15.0 Å². The first-order valence-electron chi connectivity index (χ1n) is 15.8. The van der Waals surface area contributed by atoms with Crippen molar-refractivity contribution in [3.05, 3.63) is 106 Å². The van der Waals surface area contributed by atoms with Gasteiger partial charge in [0.15, 0.2) is 0 Å². The first-order valence-corrected chi connectivity index (χ1v) is 16.6. The van der Waals surface area contributed by atoms with Crippen LogP contribution in [0.1, 0.15) is 61.9 Å². The molecule has 0 radical (unpaired) electrons. The Hall–Kier alpha value is -3.77. The fourth-order valence-corrected chi connectivity index (χ4v) is 6.12. The largest absolute Gasteiger partial charge is 0.453 e. The van der Waals surface area contributed by atoms with Gasteiger partial charge in [0.1, 0.15) is 11.6 Å². The van der Waals surface area contributed by atoms with E-state index in [1.807, 2.05) is 99.6 Å². The summed E-state index contributed by atoms with van der Waals surface area (Å²) in [4.78, 5) is 39.5. The van der Waals surface area contributed by atoms with Crippen LogP contribution in [-0.4, -0.2) is 64.5 Å². The van der Waals surface area contributed by atoms with E-state index in [1.54, 1.807) is 5.01 Å². The molecule has 11 heteroatoms. The Morgan fingerprint density at radius 3 is 2.30 bits per heavy atom. The van der Waals surface area contributed by atoms with Crippen LogP contribution in [0.2, 0.25) is 0 Å². The molecule has 0 saturated heterocycles. The number of carbonyl (C=O) groups is 3. The van der Waals surface area contributed by atoms with Crippen molar-refractivity contribution in [2.24, 2.45) is 5.41 Å². The molecule has 3 aromatic rings. The van der Waals surface area contributed by atoms with Gasteiger partial charge in [0.05, 0.1) is 19.3 Å². The number of carbonyl (C=O) groups excluding carboxylic acids is 3. The number of nitrogens with one attached hydrogen (secondary N) is 3. The Morgan fingerprint density at radius 2 is 1.64 bits per heavy atom. The van der Waals surface area contributed by atoms with Crippen molar-refractivity contribution >= 4 is 33.8 Å². The van der Waals surface area contributed by atoms with E-state index in [9.17, 15) is 24.6 Å². The van der Waals surface area contributed by atoms with Crippen molar-refractivity contribution in [1.29, 1.82) is 0 Å². The normalized spacial score (nSPS) is 17.7. The lowest BCUT2D eigenvalue weighted by Gasteiger charge is -2.33. The third kappa shape index (κ3) is 9.87. The van der Waals surface area contributed by atoms with Gasteiger partial charge in [0.2, 0.25) is 0 Å². The summed E-state index contributed by atoms with van der Waals surface area (Å²) in [7, 11) is 1.24. The highest BCUT2D eigenvalue weighted by molar-refractivity contribution is 9.10. The summed E-state index contributed by atoms with van der Waals surface area (Å²) in [5.74, 6) is -0.994. The van der Waals surface area contributed by atoms with Gasteiger partial charge in [-0.2, -0.15) is 0 Å². The number of aliphatic hydroxyl groups excluding tert-OH is 1. The number of fused-ring (bicyclic) bond motifs is 1. The summed E-state index contributed by atoms with van der Waals surface area (Å²) in [5.41, 5.74) is 4.05. The molecule has 1 aliphatic rings. The first-order chi connectivity index (χ1) is 22.3. The van der Waals surface area contributed by atoms with E-state index in [-0.39, 0.29) is 19.4 Å². The number of ether oxygens (including phenoxy) is 1. The van der Waals surface area contributed by atoms with E-state index < -0.39 is 47.1 Å². The predicted octanol–water partition coefficient (Wildman–Crippen LogP) is 4.58. The van der Waals surface area contributed by atoms with Crippen LogP contribution in [0.3, 0.4) is 0 Å². The number of benzene rings is 3. The van der Waals surface area contributed by atoms with Crippen molar-refractivity contribution in [3.8, 4) is 0 Å². The standard InChI is InChI=1S/C36H45BrN4O6/c1-35(2,3)31(39-34(45)47-4)32(43)40-41(23-25-15-17-27(37)18-16-25)20-10-19-36(46,22-24-11-6-5-7-12-24)33(44)38-30-28-14-9-8-13-26(28)21-29(30)42/h5-9,11-18,29-31,42,46H,10,19-23H2,1-4H3,(H,38,44)(H,39,45)(H,40,43)/t29-,30+,31-,36-/m1/s1. The molecule has 0 fully saturated rings. The topological polar surface area (TPSA) is 140 Å². The Labute approximate surface area is 285 Å². The highest BCUT2D eigenvalue weighted by atomic mass is 79.9. The average Bonchev–Trinajstić information content (AvgIpc) is 3.34. The molecule has 0 aromatic heterocycles. The summed E-state index contributed by atoms with van der Waals surface area (Å²) in [6.45, 7) is 6.15. The quantitative estimate of drug-likeness (QED) is 0.164. The third-order valence-corrected chi connectivity index (χ3v) is 8.93. The predicted molar refractivity (Wildman–Crippen MR) is 183 cm³/mol. The van der Waals surface area contributed by atoms with Gasteiger partial charge in [-0.05, 0) is 52.6 Å². The maximum absolute atomic E-state index is 13.9. The van der Waals surface area contributed by atoms with Crippen LogP contribution < -0.4 is 16.1 Å². The van der Waals surface area contributed by atoms with Crippen molar-refractivity contribution < 1.29 is 29.3 Å². The average molecular weight is 710 g/mol. The van der Waals surface area contributed by atoms with Gasteiger partial charge >= 0.3 is 6.09 Å². The van der Waals surface area contributed by atoms with E-state index >= 15 is 0 Å². The fraction of sp³-hybridized carbons (Fsp3) is 0.417. The second kappa shape index (κ2) is 15.9. The highest BCUT2D eigenvalue weighted by Crippen LogP contribution is 2.32. The minimum atomic E-state index is -1.80. The van der Waals surface area contributed by atoms with Crippen molar-refractivity contribution in [3.63, 3.8) is 0 Å². The molecule has 0 saturated carbocycles. The molecule has 252 valence electrons. The van der Waals surface area contributed by atoms with E-state index in [0.29, 0.717) is 19.4 Å². The molecule has 3 amide bonds. The molecule has 0 aliphatic heterocycles. The van der Waals surface area contributed by atoms with Crippen LogP contribution in [0.25, 0.3) is 0 Å². The van der Waals surface area contributed by atoms with Crippen molar-refractivity contribution in [2.45, 2.75) is 76.8 Å². The molecular formula is C36H45BrN4O6. The first kappa shape index (κ1) is 36.1. The van der Waals surface area contributed by atoms with Crippen molar-refractivity contribution in [1.82, 2.24) is 21.1 Å². The molecule has 5 N–H and O–H groups in total. The van der Waals surface area contributed by atoms with Gasteiger partial charge in [0, 0.05) is 30.4 Å². The summed E-state index contributed by atoms with van der Waals surface area (Å²) in [6, 6.07) is 23.0. The monoisotopic (exact) mass is 708 g/mol. The lowest BCUT2D eigenvalue weighted by molar-refractivity contribution is -0.142. The summed E-state index contributed by atoms with van der Waals surface area (Å²) >= 11 is 3.45. The Balaban J connectivity index is 1.53. The number of alkyl carbamates (subject to hydrolysis) is 1. The van der Waals surface area contributed by atoms with Crippen LogP contribution >= 0.6 is 15.9 Å². The summed E-state index contributed by atoms with van der Waals surface area (Å²) in [6.07, 6.45) is -0.618. The number of hydrogen-bond acceptors (Lipinski definition) is 7. The van der Waals surface area contributed by atoms with E-state index in [1.165, 1.54) is 7.11 Å². The SMILES string of the molecule is COC(=O)N[C@H](C(=O)NN(CCC[C@@](O)(Cc1ccccc1)C(=O)N[C@H]1c2ccccc2C[C@H]1O)Cc1ccc(Br)cc1)C(C)(C)C. The molecule has 4 atom stereocenters. The summed E-state index contributed by atoms with van der Waals surface area (Å²) < 4.78 is 5.67. The van der Waals surface area contributed by atoms with Gasteiger partial charge < -0.3 is 25.6 Å². The number of nitrogens with zero attached hydrogens (tertiary/aromatic N) is 1. The second-order valence-corrected chi connectivity index (χ2v) is 14.1. The molecule has 1 aliphatic carbocycles. The Bertz CT molecular complexity index is 1510. The van der Waals surface area contributed by atoms with Gasteiger partial charge in [-0.25, -0.2) is 9.80 Å². The van der Waals surface area contributed by atoms with E-state index in [2.05, 4.69) is 32.0 Å². The zero-order chi connectivity index (χ0) is 34.2. The van der Waals surface area contributed by atoms with E-state index in [0.717, 1.165) is 26.7 Å². The van der Waals surface area contributed by atoms with Crippen LogP contribution in [0, 0.1) is 5.41 Å². The number of hydrazine groups is 1. The molecule has 3 aromatic carbocycles. The molecular weight excluding hydrogens is 664 g/mol. The van der Waals surface area contributed by atoms with Crippen LogP contribution in [-0.2, 0) is 33.7 Å². The van der Waals surface area contributed by atoms with E-state index in [4.69, 9.17) is 4.74 Å². The molecule has 0 heterocycles. The van der Waals surface area contributed by atoms with Gasteiger partial charge in [-0.1, -0.05) is 103 Å². The lowest BCUT2D eigenvalue weighted by atomic mass is 9.86. The molecule has 0 unspecified atom stereocenters. The third-order valence-electron chi connectivity index (χ3n) is 8.40. The number of aliphatic hydroxyl groups is 2. The number of methoxy groups -OCH3 is 1. The number of hydrogen-bond donors (Lipinski definition) is 5. The molecule has 0 spiro atoms. The van der Waals surface area contributed by atoms with Crippen LogP contribution in [0.4, 0.5) is 4.79 Å². The fourth-order valence-electron chi connectivity index (χ4n) is 5.86. The highest BCUT2D eigenvalue weighted by Gasteiger charge is 2.40. The zero-order valence-corrected chi connectivity index (χ0v) is 28.9. The smallest absolute Gasteiger partial charge is 0.407 e. The Kier molecular flexibility index (Phi) is 12.2.